The average Bonchev–Trinajstić information content (AvgIpc) is 2.69. The normalized spacial score (nSPS) is 9.96. The molecule has 0 atom stereocenters. The molecule has 1 amide bonds. The van der Waals surface area contributed by atoms with Crippen LogP contribution in [0.1, 0.15) is 15.9 Å². The molecule has 6 nitrogen and oxygen atoms in total. The van der Waals surface area contributed by atoms with E-state index in [0.717, 1.165) is 17.1 Å². The van der Waals surface area contributed by atoms with E-state index in [2.05, 4.69) is 21.7 Å². The molecule has 6 heteroatoms. The third kappa shape index (κ3) is 4.61. The largest absolute Gasteiger partial charge is 0.378 e. The Morgan fingerprint density at radius 3 is 2.19 bits per heavy atom. The van der Waals surface area contributed by atoms with Gasteiger partial charge in [0, 0.05) is 37.4 Å². The van der Waals surface area contributed by atoms with Gasteiger partial charge in [-0.3, -0.25) is 4.79 Å². The van der Waals surface area contributed by atoms with E-state index in [1.54, 1.807) is 36.4 Å². The van der Waals surface area contributed by atoms with Crippen LogP contribution in [0.15, 0.2) is 66.9 Å². The summed E-state index contributed by atoms with van der Waals surface area (Å²) in [4.78, 5) is 18.6. The summed E-state index contributed by atoms with van der Waals surface area (Å²) in [6.45, 7) is 0. The molecule has 0 spiro atoms. The minimum atomic E-state index is -0.218. The summed E-state index contributed by atoms with van der Waals surface area (Å²) in [6.07, 6.45) is 1.52. The number of benzene rings is 2. The van der Waals surface area contributed by atoms with Crippen molar-refractivity contribution in [3.63, 3.8) is 0 Å². The number of amides is 1. The number of nitriles is 1. The molecule has 27 heavy (non-hydrogen) atoms. The first-order chi connectivity index (χ1) is 13.0. The zero-order valence-corrected chi connectivity index (χ0v) is 15.1. The summed E-state index contributed by atoms with van der Waals surface area (Å²) >= 11 is 0. The van der Waals surface area contributed by atoms with Crippen LogP contribution >= 0.6 is 0 Å². The van der Waals surface area contributed by atoms with Crippen molar-refractivity contribution < 1.29 is 4.79 Å². The number of hydrogen-bond acceptors (Lipinski definition) is 5. The number of rotatable bonds is 5. The molecule has 0 aliphatic carbocycles. The molecule has 3 rings (SSSR count). The minimum absolute atomic E-state index is 0.218. The number of hydrogen-bond donors (Lipinski definition) is 2. The number of anilines is 4. The number of pyridine rings is 1. The van der Waals surface area contributed by atoms with Crippen LogP contribution in [0, 0.1) is 11.3 Å². The summed E-state index contributed by atoms with van der Waals surface area (Å²) in [5, 5.41) is 14.8. The third-order valence-electron chi connectivity index (χ3n) is 3.95. The van der Waals surface area contributed by atoms with Crippen LogP contribution in [0.2, 0.25) is 0 Å². The van der Waals surface area contributed by atoms with Crippen molar-refractivity contribution in [2.75, 3.05) is 29.6 Å². The highest BCUT2D eigenvalue weighted by Crippen LogP contribution is 2.18. The maximum Gasteiger partial charge on any atom is 0.257 e. The van der Waals surface area contributed by atoms with Gasteiger partial charge in [-0.25, -0.2) is 4.98 Å². The molecule has 3 aromatic rings. The average molecular weight is 357 g/mol. The lowest BCUT2D eigenvalue weighted by Gasteiger charge is -2.13. The van der Waals surface area contributed by atoms with Crippen LogP contribution in [0.3, 0.4) is 0 Å². The van der Waals surface area contributed by atoms with Crippen LogP contribution in [-0.2, 0) is 0 Å². The number of carbonyl (C=O) groups is 1. The van der Waals surface area contributed by atoms with Crippen LogP contribution in [-0.4, -0.2) is 25.0 Å². The number of aromatic nitrogens is 1. The van der Waals surface area contributed by atoms with Crippen molar-refractivity contribution in [1.29, 1.82) is 5.26 Å². The zero-order valence-electron chi connectivity index (χ0n) is 15.1. The predicted molar refractivity (Wildman–Crippen MR) is 107 cm³/mol. The molecule has 0 fully saturated rings. The number of nitrogens with zero attached hydrogens (tertiary/aromatic N) is 3. The van der Waals surface area contributed by atoms with Gasteiger partial charge in [-0.1, -0.05) is 0 Å². The molecule has 0 unspecified atom stereocenters. The monoisotopic (exact) mass is 357 g/mol. The van der Waals surface area contributed by atoms with Gasteiger partial charge in [0.25, 0.3) is 5.91 Å². The van der Waals surface area contributed by atoms with Crippen LogP contribution in [0.5, 0.6) is 0 Å². The highest BCUT2D eigenvalue weighted by atomic mass is 16.1. The van der Waals surface area contributed by atoms with Crippen molar-refractivity contribution in [1.82, 2.24) is 4.98 Å². The Morgan fingerprint density at radius 2 is 1.63 bits per heavy atom. The van der Waals surface area contributed by atoms with Gasteiger partial charge in [0.2, 0.25) is 0 Å². The van der Waals surface area contributed by atoms with Gasteiger partial charge in [-0.05, 0) is 60.7 Å². The summed E-state index contributed by atoms with van der Waals surface area (Å²) in [7, 11) is 3.93. The van der Waals surface area contributed by atoms with E-state index in [9.17, 15) is 4.79 Å². The Hall–Kier alpha value is -3.85. The van der Waals surface area contributed by atoms with Gasteiger partial charge in [-0.15, -0.1) is 0 Å². The van der Waals surface area contributed by atoms with Crippen molar-refractivity contribution in [3.8, 4) is 6.07 Å². The zero-order chi connectivity index (χ0) is 19.2. The van der Waals surface area contributed by atoms with Crippen LogP contribution in [0.25, 0.3) is 0 Å². The lowest BCUT2D eigenvalue weighted by molar-refractivity contribution is 0.102. The fourth-order valence-electron chi connectivity index (χ4n) is 2.42. The van der Waals surface area contributed by atoms with Crippen LogP contribution in [0.4, 0.5) is 22.9 Å². The first kappa shape index (κ1) is 18.0. The fourth-order valence-corrected chi connectivity index (χ4v) is 2.42. The fraction of sp³-hybridized carbons (Fsp3) is 0.0952. The quantitative estimate of drug-likeness (QED) is 0.721. The molecule has 134 valence electrons. The minimum Gasteiger partial charge on any atom is -0.378 e. The van der Waals surface area contributed by atoms with Gasteiger partial charge in [0.05, 0.1) is 17.2 Å². The Balaban J connectivity index is 1.63. The smallest absolute Gasteiger partial charge is 0.257 e. The van der Waals surface area contributed by atoms with Crippen LogP contribution < -0.4 is 15.5 Å². The Bertz CT molecular complexity index is 955. The second kappa shape index (κ2) is 8.02. The van der Waals surface area contributed by atoms with E-state index < -0.39 is 0 Å². The summed E-state index contributed by atoms with van der Waals surface area (Å²) < 4.78 is 0. The van der Waals surface area contributed by atoms with Gasteiger partial charge in [0.15, 0.2) is 0 Å². The summed E-state index contributed by atoms with van der Waals surface area (Å²) in [6, 6.07) is 20.2. The summed E-state index contributed by atoms with van der Waals surface area (Å²) in [5.74, 6) is 0.400. The molecule has 1 aromatic heterocycles. The SMILES string of the molecule is CN(C)c1ccc(NC(=O)c2ccc(Nc3ccc(C#N)cc3)nc2)cc1. The maximum absolute atomic E-state index is 12.4. The van der Waals surface area contributed by atoms with E-state index in [0.29, 0.717) is 16.9 Å². The van der Waals surface area contributed by atoms with Crippen molar-refractivity contribution in [3.05, 3.63) is 78.0 Å². The van der Waals surface area contributed by atoms with Gasteiger partial charge >= 0.3 is 0 Å². The van der Waals surface area contributed by atoms with Crippen molar-refractivity contribution in [2.24, 2.45) is 0 Å². The van der Waals surface area contributed by atoms with Gasteiger partial charge in [0.1, 0.15) is 5.82 Å². The first-order valence-electron chi connectivity index (χ1n) is 8.37. The summed E-state index contributed by atoms with van der Waals surface area (Å²) in [5.41, 5.74) is 3.68. The highest BCUT2D eigenvalue weighted by Gasteiger charge is 2.07. The maximum atomic E-state index is 12.4. The Labute approximate surface area is 158 Å². The number of nitrogens with one attached hydrogen (secondary N) is 2. The first-order valence-corrected chi connectivity index (χ1v) is 8.37. The molecule has 0 aliphatic rings. The molecular weight excluding hydrogens is 338 g/mol. The second-order valence-electron chi connectivity index (χ2n) is 6.14. The number of carbonyl (C=O) groups excluding carboxylic acids is 1. The molecule has 1 heterocycles. The van der Waals surface area contributed by atoms with Gasteiger partial charge in [-0.2, -0.15) is 5.26 Å². The van der Waals surface area contributed by atoms with Crippen molar-refractivity contribution in [2.45, 2.75) is 0 Å². The van der Waals surface area contributed by atoms with E-state index in [1.165, 1.54) is 6.20 Å². The molecule has 0 bridgehead atoms. The lowest BCUT2D eigenvalue weighted by Crippen LogP contribution is -2.13. The van der Waals surface area contributed by atoms with E-state index >= 15 is 0 Å². The molecule has 0 radical (unpaired) electrons. The van der Waals surface area contributed by atoms with E-state index in [1.807, 2.05) is 43.3 Å². The molecule has 2 N–H and O–H groups in total. The van der Waals surface area contributed by atoms with E-state index in [4.69, 9.17) is 5.26 Å². The molecule has 0 saturated heterocycles. The topological polar surface area (TPSA) is 81.0 Å². The highest BCUT2D eigenvalue weighted by molar-refractivity contribution is 6.04. The standard InChI is InChI=1S/C21H19N5O/c1-26(2)19-10-8-18(9-11-19)25-21(27)16-5-12-20(23-14-16)24-17-6-3-15(13-22)4-7-17/h3-12,14H,1-2H3,(H,23,24)(H,25,27). The van der Waals surface area contributed by atoms with E-state index in [-0.39, 0.29) is 5.91 Å². The molecule has 0 aliphatic heterocycles. The Kier molecular flexibility index (Phi) is 5.33. The molecular formula is C21H19N5O. The lowest BCUT2D eigenvalue weighted by atomic mass is 10.2. The van der Waals surface area contributed by atoms with Gasteiger partial charge < -0.3 is 15.5 Å². The molecule has 0 saturated carbocycles. The predicted octanol–water partition coefficient (Wildman–Crippen LogP) is 4.02. The van der Waals surface area contributed by atoms with Crippen molar-refractivity contribution >= 4 is 28.8 Å². The second-order valence-corrected chi connectivity index (χ2v) is 6.14. The Morgan fingerprint density at radius 1 is 0.963 bits per heavy atom. The third-order valence-corrected chi connectivity index (χ3v) is 3.95. The molecule has 2 aromatic carbocycles.